The Morgan fingerprint density at radius 3 is 3.06 bits per heavy atom. The predicted molar refractivity (Wildman–Crippen MR) is 66.7 cm³/mol. The second-order valence-corrected chi connectivity index (χ2v) is 4.86. The molecule has 16 heavy (non-hydrogen) atoms. The van der Waals surface area contributed by atoms with Crippen LogP contribution >= 0.6 is 0 Å². The van der Waals surface area contributed by atoms with Crippen LogP contribution in [-0.2, 0) is 11.2 Å². The topological polar surface area (TPSA) is 21.3 Å². The van der Waals surface area contributed by atoms with Crippen LogP contribution in [0, 0.1) is 12.8 Å². The summed E-state index contributed by atoms with van der Waals surface area (Å²) in [7, 11) is 1.77. The highest BCUT2D eigenvalue weighted by atomic mass is 16.5. The summed E-state index contributed by atoms with van der Waals surface area (Å²) in [5.74, 6) is 0.766. The molecule has 0 radical (unpaired) electrons. The van der Waals surface area contributed by atoms with Crippen molar-refractivity contribution in [2.75, 3.05) is 20.3 Å². The van der Waals surface area contributed by atoms with Crippen LogP contribution in [0.1, 0.15) is 17.5 Å². The number of hydrogen-bond donors (Lipinski definition) is 1. The predicted octanol–water partition coefficient (Wildman–Crippen LogP) is 2.16. The minimum absolute atomic E-state index is 0.555. The van der Waals surface area contributed by atoms with Crippen molar-refractivity contribution in [3.63, 3.8) is 0 Å². The fourth-order valence-corrected chi connectivity index (χ4v) is 2.56. The zero-order valence-corrected chi connectivity index (χ0v) is 10.2. The first-order valence-corrected chi connectivity index (χ1v) is 6.06. The molecule has 0 spiro atoms. The van der Waals surface area contributed by atoms with E-state index in [1.807, 2.05) is 0 Å². The molecule has 1 saturated heterocycles. The van der Waals surface area contributed by atoms with Gasteiger partial charge in [-0.25, -0.2) is 0 Å². The van der Waals surface area contributed by atoms with E-state index in [2.05, 4.69) is 36.5 Å². The van der Waals surface area contributed by atoms with Gasteiger partial charge in [0.2, 0.25) is 0 Å². The first kappa shape index (κ1) is 11.6. The Kier molecular flexibility index (Phi) is 3.97. The van der Waals surface area contributed by atoms with Gasteiger partial charge in [-0.15, -0.1) is 0 Å². The molecule has 2 atom stereocenters. The monoisotopic (exact) mass is 219 g/mol. The van der Waals surface area contributed by atoms with Gasteiger partial charge in [0.05, 0.1) is 6.61 Å². The van der Waals surface area contributed by atoms with Crippen LogP contribution in [0.4, 0.5) is 0 Å². The lowest BCUT2D eigenvalue weighted by Crippen LogP contribution is -2.25. The van der Waals surface area contributed by atoms with Gasteiger partial charge in [0, 0.05) is 13.2 Å². The Morgan fingerprint density at radius 2 is 2.31 bits per heavy atom. The second kappa shape index (κ2) is 5.46. The van der Waals surface area contributed by atoms with E-state index in [4.69, 9.17) is 4.74 Å². The van der Waals surface area contributed by atoms with Crippen LogP contribution in [0.25, 0.3) is 0 Å². The van der Waals surface area contributed by atoms with Gasteiger partial charge in [-0.3, -0.25) is 0 Å². The van der Waals surface area contributed by atoms with Crippen LogP contribution in [0.2, 0.25) is 0 Å². The molecular formula is C14H21NO. The van der Waals surface area contributed by atoms with Crippen LogP contribution in [0.3, 0.4) is 0 Å². The number of aryl methyl sites for hydroxylation is 1. The summed E-state index contributed by atoms with van der Waals surface area (Å²) in [5, 5.41) is 3.52. The molecule has 1 aliphatic rings. The van der Waals surface area contributed by atoms with Gasteiger partial charge in [0.25, 0.3) is 0 Å². The quantitative estimate of drug-likeness (QED) is 0.838. The highest BCUT2D eigenvalue weighted by Gasteiger charge is 2.23. The van der Waals surface area contributed by atoms with Gasteiger partial charge in [-0.2, -0.15) is 0 Å². The molecule has 2 rings (SSSR count). The average Bonchev–Trinajstić information content (AvgIpc) is 2.66. The SMILES string of the molecule is COCC1CC(Cc2cccc(C)c2)CN1. The minimum atomic E-state index is 0.555. The molecule has 0 saturated carbocycles. The van der Waals surface area contributed by atoms with E-state index in [9.17, 15) is 0 Å². The van der Waals surface area contributed by atoms with Crippen molar-refractivity contribution in [1.29, 1.82) is 0 Å². The maximum atomic E-state index is 5.18. The van der Waals surface area contributed by atoms with Crippen LogP contribution in [0.15, 0.2) is 24.3 Å². The molecule has 1 heterocycles. The third-order valence-corrected chi connectivity index (χ3v) is 3.29. The van der Waals surface area contributed by atoms with E-state index in [-0.39, 0.29) is 0 Å². The van der Waals surface area contributed by atoms with Crippen LogP contribution < -0.4 is 5.32 Å². The van der Waals surface area contributed by atoms with E-state index in [1.54, 1.807) is 7.11 Å². The lowest BCUT2D eigenvalue weighted by atomic mass is 9.96. The number of benzene rings is 1. The number of methoxy groups -OCH3 is 1. The zero-order chi connectivity index (χ0) is 11.4. The molecule has 2 nitrogen and oxygen atoms in total. The van der Waals surface area contributed by atoms with Crippen molar-refractivity contribution in [1.82, 2.24) is 5.32 Å². The maximum absolute atomic E-state index is 5.18. The fraction of sp³-hybridized carbons (Fsp3) is 0.571. The largest absolute Gasteiger partial charge is 0.383 e. The molecule has 1 fully saturated rings. The molecule has 2 unspecified atom stereocenters. The van der Waals surface area contributed by atoms with Gasteiger partial charge in [0.1, 0.15) is 0 Å². The molecule has 88 valence electrons. The summed E-state index contributed by atoms with van der Waals surface area (Å²) >= 11 is 0. The van der Waals surface area contributed by atoms with E-state index < -0.39 is 0 Å². The zero-order valence-electron chi connectivity index (χ0n) is 10.2. The van der Waals surface area contributed by atoms with Crippen molar-refractivity contribution in [3.05, 3.63) is 35.4 Å². The summed E-state index contributed by atoms with van der Waals surface area (Å²) < 4.78 is 5.18. The molecule has 1 aliphatic heterocycles. The molecule has 2 heteroatoms. The Hall–Kier alpha value is -0.860. The Labute approximate surface area is 98.0 Å². The Morgan fingerprint density at radius 1 is 1.44 bits per heavy atom. The number of rotatable bonds is 4. The molecule has 0 bridgehead atoms. The van der Waals surface area contributed by atoms with Crippen molar-refractivity contribution in [2.24, 2.45) is 5.92 Å². The molecule has 1 aromatic carbocycles. The van der Waals surface area contributed by atoms with Gasteiger partial charge >= 0.3 is 0 Å². The molecule has 0 aromatic heterocycles. The van der Waals surface area contributed by atoms with Gasteiger partial charge in [-0.1, -0.05) is 29.8 Å². The van der Waals surface area contributed by atoms with Crippen molar-refractivity contribution < 1.29 is 4.74 Å². The Bertz CT molecular complexity index is 337. The first-order chi connectivity index (χ1) is 7.78. The summed E-state index contributed by atoms with van der Waals surface area (Å²) in [5.41, 5.74) is 2.82. The summed E-state index contributed by atoms with van der Waals surface area (Å²) in [6.07, 6.45) is 2.43. The third kappa shape index (κ3) is 3.06. The molecule has 1 aromatic rings. The lowest BCUT2D eigenvalue weighted by Gasteiger charge is -2.10. The number of nitrogens with one attached hydrogen (secondary N) is 1. The lowest BCUT2D eigenvalue weighted by molar-refractivity contribution is 0.172. The number of ether oxygens (including phenoxy) is 1. The third-order valence-electron chi connectivity index (χ3n) is 3.29. The highest BCUT2D eigenvalue weighted by Crippen LogP contribution is 2.19. The van der Waals surface area contributed by atoms with Gasteiger partial charge in [0.15, 0.2) is 0 Å². The van der Waals surface area contributed by atoms with Gasteiger partial charge in [-0.05, 0) is 37.8 Å². The first-order valence-electron chi connectivity index (χ1n) is 6.06. The summed E-state index contributed by atoms with van der Waals surface area (Å²) in [4.78, 5) is 0. The minimum Gasteiger partial charge on any atom is -0.383 e. The van der Waals surface area contributed by atoms with Crippen LogP contribution in [-0.4, -0.2) is 26.3 Å². The standard InChI is InChI=1S/C14H21NO/c1-11-4-3-5-12(6-11)7-13-8-14(10-16-2)15-9-13/h3-6,13-15H,7-10H2,1-2H3. The average molecular weight is 219 g/mol. The number of hydrogen-bond acceptors (Lipinski definition) is 2. The molecule has 0 aliphatic carbocycles. The smallest absolute Gasteiger partial charge is 0.0615 e. The fourth-order valence-electron chi connectivity index (χ4n) is 2.56. The van der Waals surface area contributed by atoms with Gasteiger partial charge < -0.3 is 10.1 Å². The van der Waals surface area contributed by atoms with Crippen molar-refractivity contribution in [3.8, 4) is 0 Å². The van der Waals surface area contributed by atoms with Crippen LogP contribution in [0.5, 0.6) is 0 Å². The van der Waals surface area contributed by atoms with E-state index in [0.29, 0.717) is 6.04 Å². The van der Waals surface area contributed by atoms with E-state index >= 15 is 0 Å². The highest BCUT2D eigenvalue weighted by molar-refractivity contribution is 5.22. The molecular weight excluding hydrogens is 198 g/mol. The second-order valence-electron chi connectivity index (χ2n) is 4.86. The summed E-state index contributed by atoms with van der Waals surface area (Å²) in [6.45, 7) is 4.12. The Balaban J connectivity index is 1.87. The summed E-state index contributed by atoms with van der Waals surface area (Å²) in [6, 6.07) is 9.39. The van der Waals surface area contributed by atoms with Crippen molar-refractivity contribution >= 4 is 0 Å². The molecule has 0 amide bonds. The van der Waals surface area contributed by atoms with E-state index in [1.165, 1.54) is 24.0 Å². The normalized spacial score (nSPS) is 24.9. The maximum Gasteiger partial charge on any atom is 0.0615 e. The van der Waals surface area contributed by atoms with Crippen molar-refractivity contribution in [2.45, 2.75) is 25.8 Å². The molecule has 1 N–H and O–H groups in total. The van der Waals surface area contributed by atoms with E-state index in [0.717, 1.165) is 19.1 Å².